The minimum Gasteiger partial charge on any atom is -0.457 e. The van der Waals surface area contributed by atoms with Gasteiger partial charge in [-0.15, -0.1) is 0 Å². The van der Waals surface area contributed by atoms with Gasteiger partial charge in [0, 0.05) is 54.0 Å². The van der Waals surface area contributed by atoms with Gasteiger partial charge in [-0.05, 0) is 281 Å². The molecule has 14 rings (SSSR count). The molecule has 12 heteroatoms. The van der Waals surface area contributed by atoms with Gasteiger partial charge in [0.2, 0.25) is 0 Å². The summed E-state index contributed by atoms with van der Waals surface area (Å²) in [6, 6.07) is 112. The Labute approximate surface area is 635 Å². The minimum atomic E-state index is -3.21. The lowest BCUT2D eigenvalue weighted by molar-refractivity contribution is 0.460. The zero-order valence-electron chi connectivity index (χ0n) is 62.4. The first-order chi connectivity index (χ1) is 51.9. The predicted molar refractivity (Wildman–Crippen MR) is 446 cm³/mol. The third kappa shape index (κ3) is 17.7. The molecule has 0 N–H and O–H groups in total. The van der Waals surface area contributed by atoms with E-state index in [1.54, 1.807) is 19.4 Å². The fourth-order valence-electron chi connectivity index (χ4n) is 13.0. The number of hydrogen-bond acceptors (Lipinski definition) is 9. The zero-order valence-corrected chi connectivity index (χ0v) is 65.1. The molecular formula is C96H87O9P3. The van der Waals surface area contributed by atoms with Crippen molar-refractivity contribution in [3.05, 3.63) is 390 Å². The third-order valence-corrected chi connectivity index (χ3v) is 27.9. The van der Waals surface area contributed by atoms with Crippen LogP contribution in [0.5, 0.6) is 69.0 Å². The molecule has 14 aromatic rings. The fourth-order valence-corrected chi connectivity index (χ4v) is 19.0. The van der Waals surface area contributed by atoms with Crippen molar-refractivity contribution >= 4 is 58.6 Å². The SMILES string of the molecule is Cc1ccc(C(C)(C)c2ccc(Oc3ccc(P(=O)(c4ccccc4)c4ccc(Oc5ccc(C(C)(C)c6ccc(C)cc6)cc5)cc4)cc3)cc2)cc1.Cc1cccc(Oc2ccc(P(C)(=O)c3ccc(Oc4cccc(Oc5ccc(P(C)(=O)c6ccc(Oc7cccc(C)c7)cc6)cc5)c4)cc3)cc2)c1. The van der Waals surface area contributed by atoms with Crippen LogP contribution in [0.3, 0.4) is 0 Å². The first kappa shape index (κ1) is 74.8. The van der Waals surface area contributed by atoms with E-state index in [0.29, 0.717) is 46.0 Å². The summed E-state index contributed by atoms with van der Waals surface area (Å²) >= 11 is 0. The molecule has 0 amide bonds. The number of rotatable bonds is 23. The molecule has 0 saturated heterocycles. The Balaban J connectivity index is 0.000000190. The molecule has 540 valence electrons. The summed E-state index contributed by atoms with van der Waals surface area (Å²) < 4.78 is 79.8. The maximum atomic E-state index is 15.2. The van der Waals surface area contributed by atoms with Crippen molar-refractivity contribution in [2.75, 3.05) is 13.3 Å². The van der Waals surface area contributed by atoms with Crippen molar-refractivity contribution in [2.45, 2.75) is 66.2 Å². The summed E-state index contributed by atoms with van der Waals surface area (Å²) in [6.07, 6.45) is 0. The van der Waals surface area contributed by atoms with E-state index < -0.39 is 21.4 Å². The summed E-state index contributed by atoms with van der Waals surface area (Å²) in [5.41, 5.74) is 9.44. The molecule has 0 aromatic heterocycles. The van der Waals surface area contributed by atoms with Gasteiger partial charge in [0.05, 0.1) is 0 Å². The Bertz CT molecular complexity index is 5210. The second kappa shape index (κ2) is 32.3. The number of benzene rings is 14. The predicted octanol–water partition coefficient (Wildman–Crippen LogP) is 23.5. The van der Waals surface area contributed by atoms with Crippen LogP contribution in [-0.4, -0.2) is 13.3 Å². The smallest absolute Gasteiger partial charge is 0.171 e. The van der Waals surface area contributed by atoms with Crippen LogP contribution in [0.15, 0.2) is 346 Å². The molecule has 0 aliphatic rings. The maximum absolute atomic E-state index is 15.2. The first-order valence-corrected chi connectivity index (χ1v) is 42.1. The lowest BCUT2D eigenvalue weighted by Gasteiger charge is -2.26. The van der Waals surface area contributed by atoms with Crippen molar-refractivity contribution in [3.8, 4) is 69.0 Å². The van der Waals surface area contributed by atoms with Crippen molar-refractivity contribution in [1.29, 1.82) is 0 Å². The van der Waals surface area contributed by atoms with E-state index in [2.05, 4.69) is 114 Å². The Morgan fingerprint density at radius 3 is 0.685 bits per heavy atom. The van der Waals surface area contributed by atoms with Crippen LogP contribution in [0.25, 0.3) is 0 Å². The summed E-state index contributed by atoms with van der Waals surface area (Å²) in [5.74, 6) is 8.15. The average Bonchev–Trinajstić information content (AvgIpc) is 0.780. The molecule has 0 aliphatic heterocycles. The van der Waals surface area contributed by atoms with Crippen LogP contribution < -0.4 is 65.6 Å². The molecule has 108 heavy (non-hydrogen) atoms. The second-order valence-corrected chi connectivity index (χ2v) is 37.0. The summed E-state index contributed by atoms with van der Waals surface area (Å²) in [4.78, 5) is 0. The van der Waals surface area contributed by atoms with Crippen LogP contribution in [-0.2, 0) is 24.5 Å². The van der Waals surface area contributed by atoms with Crippen LogP contribution in [0.2, 0.25) is 0 Å². The van der Waals surface area contributed by atoms with Gasteiger partial charge < -0.3 is 42.1 Å². The molecule has 0 fully saturated rings. The maximum Gasteiger partial charge on any atom is 0.171 e. The molecule has 9 nitrogen and oxygen atoms in total. The molecule has 0 heterocycles. The van der Waals surface area contributed by atoms with E-state index in [0.717, 1.165) is 71.3 Å². The monoisotopic (exact) mass is 1480 g/mol. The van der Waals surface area contributed by atoms with Crippen LogP contribution >= 0.6 is 21.4 Å². The van der Waals surface area contributed by atoms with E-state index in [1.165, 1.54) is 33.4 Å². The molecule has 2 unspecified atom stereocenters. The van der Waals surface area contributed by atoms with Gasteiger partial charge in [0.1, 0.15) is 83.3 Å². The third-order valence-electron chi connectivity index (χ3n) is 19.7. The molecule has 0 aliphatic carbocycles. The van der Waals surface area contributed by atoms with E-state index in [1.807, 2.05) is 281 Å². The molecule has 0 spiro atoms. The molecule has 0 saturated carbocycles. The van der Waals surface area contributed by atoms with Crippen LogP contribution in [0.1, 0.15) is 72.2 Å². The summed E-state index contributed by atoms with van der Waals surface area (Å²) in [5, 5.41) is 5.17. The van der Waals surface area contributed by atoms with Gasteiger partial charge in [0.15, 0.2) is 7.14 Å². The highest BCUT2D eigenvalue weighted by Crippen LogP contribution is 2.46. The number of hydrogen-bond donors (Lipinski definition) is 0. The van der Waals surface area contributed by atoms with E-state index in [4.69, 9.17) is 28.4 Å². The van der Waals surface area contributed by atoms with Gasteiger partial charge in [0.25, 0.3) is 0 Å². The highest BCUT2D eigenvalue weighted by molar-refractivity contribution is 7.85. The zero-order chi connectivity index (χ0) is 75.6. The van der Waals surface area contributed by atoms with Gasteiger partial charge >= 0.3 is 0 Å². The average molecular weight is 1480 g/mol. The molecule has 0 radical (unpaired) electrons. The second-order valence-electron chi connectivity index (χ2n) is 28.5. The summed E-state index contributed by atoms with van der Waals surface area (Å²) in [6.45, 7) is 20.8. The Morgan fingerprint density at radius 1 is 0.204 bits per heavy atom. The fraction of sp³-hybridized carbons (Fsp3) is 0.125. The largest absolute Gasteiger partial charge is 0.457 e. The van der Waals surface area contributed by atoms with Crippen molar-refractivity contribution in [2.24, 2.45) is 0 Å². The normalized spacial score (nSPS) is 12.6. The van der Waals surface area contributed by atoms with Crippen LogP contribution in [0, 0.1) is 27.7 Å². The Hall–Kier alpha value is -11.4. The molecular weight excluding hydrogens is 1390 g/mol. The highest BCUT2D eigenvalue weighted by Gasteiger charge is 2.31. The quantitative estimate of drug-likeness (QED) is 0.0579. The van der Waals surface area contributed by atoms with Gasteiger partial charge in [-0.1, -0.05) is 172 Å². The van der Waals surface area contributed by atoms with Crippen molar-refractivity contribution < 1.29 is 42.1 Å². The standard InChI is InChI=1S/C50H47O3P.C46H40O6P2/c1-36-12-16-38(17-13-36)49(3,4)40-20-24-42(25-21-40)52-44-28-32-47(33-29-44)54(51,46-10-8-7-9-11-46)48-34-30-45(31-35-48)53-43-26-22-41(23-27-43)50(5,6)39-18-14-37(2)15-19-39;1-33-8-5-10-39(30-33)49-35-14-22-43(23-15-35)53(3,47)45-26-18-37(19-27-45)51-41-12-7-13-42(32-41)52-38-20-28-46(29-21-38)54(4,48)44-24-16-36(17-25-44)50-40-11-6-9-34(2)31-40/h7-35H,1-6H3;5-32H,1-4H3. The lowest BCUT2D eigenvalue weighted by Crippen LogP contribution is -2.24. The van der Waals surface area contributed by atoms with Gasteiger partial charge in [-0.25, -0.2) is 0 Å². The first-order valence-electron chi connectivity index (χ1n) is 36.0. The van der Waals surface area contributed by atoms with Crippen LogP contribution in [0.4, 0.5) is 0 Å². The van der Waals surface area contributed by atoms with Crippen molar-refractivity contribution in [1.82, 2.24) is 0 Å². The highest BCUT2D eigenvalue weighted by atomic mass is 31.2. The lowest BCUT2D eigenvalue weighted by atomic mass is 9.78. The van der Waals surface area contributed by atoms with Crippen molar-refractivity contribution in [3.63, 3.8) is 0 Å². The Kier molecular flexibility index (Phi) is 22.4. The Morgan fingerprint density at radius 2 is 0.417 bits per heavy atom. The summed E-state index contributed by atoms with van der Waals surface area (Å²) in [7, 11) is -8.92. The number of ether oxygens (including phenoxy) is 6. The number of aryl methyl sites for hydroxylation is 4. The molecule has 14 aromatic carbocycles. The molecule has 0 bridgehead atoms. The van der Waals surface area contributed by atoms with Gasteiger partial charge in [-0.3, -0.25) is 0 Å². The van der Waals surface area contributed by atoms with E-state index >= 15 is 4.57 Å². The minimum absolute atomic E-state index is 0.137. The van der Waals surface area contributed by atoms with E-state index in [-0.39, 0.29) is 10.8 Å². The molecule has 2 atom stereocenters. The van der Waals surface area contributed by atoms with Gasteiger partial charge in [-0.2, -0.15) is 0 Å². The topological polar surface area (TPSA) is 107 Å². The van der Waals surface area contributed by atoms with E-state index in [9.17, 15) is 9.13 Å².